The predicted molar refractivity (Wildman–Crippen MR) is 65.1 cm³/mol. The number of ether oxygens (including phenoxy) is 1. The zero-order chi connectivity index (χ0) is 14.9. The molecule has 1 N–H and O–H groups in total. The molecule has 0 bridgehead atoms. The second-order valence-electron chi connectivity index (χ2n) is 4.12. The zero-order valence-electron chi connectivity index (χ0n) is 10.3. The molecule has 106 valence electrons. The van der Waals surface area contributed by atoms with E-state index in [0.717, 1.165) is 18.2 Å². The largest absolute Gasteiger partial charge is 0.508 e. The molecule has 20 heavy (non-hydrogen) atoms. The molecule has 0 spiro atoms. The number of methoxy groups -OCH3 is 1. The van der Waals surface area contributed by atoms with Crippen LogP contribution in [0.4, 0.5) is 17.6 Å². The van der Waals surface area contributed by atoms with Crippen molar-refractivity contribution in [2.75, 3.05) is 7.11 Å². The van der Waals surface area contributed by atoms with Gasteiger partial charge in [-0.3, -0.25) is 0 Å². The van der Waals surface area contributed by atoms with Gasteiger partial charge >= 0.3 is 6.18 Å². The molecule has 0 radical (unpaired) electrons. The van der Waals surface area contributed by atoms with Gasteiger partial charge in [0.2, 0.25) is 0 Å². The van der Waals surface area contributed by atoms with Gasteiger partial charge in [-0.15, -0.1) is 0 Å². The highest BCUT2D eigenvalue weighted by molar-refractivity contribution is 5.67. The summed E-state index contributed by atoms with van der Waals surface area (Å²) in [5, 5.41) is 9.37. The maximum Gasteiger partial charge on any atom is 0.416 e. The second kappa shape index (κ2) is 5.03. The Bertz CT molecular complexity index is 636. The Balaban J connectivity index is 2.53. The number of rotatable bonds is 2. The first-order valence-electron chi connectivity index (χ1n) is 5.56. The van der Waals surface area contributed by atoms with Crippen molar-refractivity contribution < 1.29 is 27.4 Å². The van der Waals surface area contributed by atoms with Crippen molar-refractivity contribution in [3.05, 3.63) is 47.8 Å². The first kappa shape index (κ1) is 14.2. The molecule has 0 heterocycles. The van der Waals surface area contributed by atoms with Crippen molar-refractivity contribution in [3.8, 4) is 22.6 Å². The minimum Gasteiger partial charge on any atom is -0.508 e. The predicted octanol–water partition coefficient (Wildman–Crippen LogP) is 4.23. The lowest BCUT2D eigenvalue weighted by molar-refractivity contribution is -0.137. The Labute approximate surface area is 112 Å². The Hall–Kier alpha value is -2.24. The summed E-state index contributed by atoms with van der Waals surface area (Å²) >= 11 is 0. The number of hydrogen-bond donors (Lipinski definition) is 1. The number of phenols is 1. The Morgan fingerprint density at radius 2 is 1.70 bits per heavy atom. The fraction of sp³-hybridized carbons (Fsp3) is 0.143. The van der Waals surface area contributed by atoms with E-state index in [1.54, 1.807) is 0 Å². The van der Waals surface area contributed by atoms with E-state index >= 15 is 0 Å². The smallest absolute Gasteiger partial charge is 0.416 e. The lowest BCUT2D eigenvalue weighted by Gasteiger charge is -2.11. The molecular weight excluding hydrogens is 276 g/mol. The van der Waals surface area contributed by atoms with Crippen LogP contribution in [0, 0.1) is 5.82 Å². The molecule has 0 aliphatic rings. The summed E-state index contributed by atoms with van der Waals surface area (Å²) in [6.45, 7) is 0. The average Bonchev–Trinajstić information content (AvgIpc) is 2.37. The monoisotopic (exact) mass is 286 g/mol. The molecule has 2 aromatic rings. The van der Waals surface area contributed by atoms with Gasteiger partial charge in [0.05, 0.1) is 12.7 Å². The topological polar surface area (TPSA) is 29.5 Å². The van der Waals surface area contributed by atoms with Crippen molar-refractivity contribution in [2.24, 2.45) is 0 Å². The number of benzene rings is 2. The van der Waals surface area contributed by atoms with Crippen LogP contribution in [0.25, 0.3) is 11.1 Å². The van der Waals surface area contributed by atoms with Crippen molar-refractivity contribution >= 4 is 0 Å². The number of aromatic hydroxyl groups is 1. The molecule has 0 saturated carbocycles. The minimum atomic E-state index is -4.58. The second-order valence-corrected chi connectivity index (χ2v) is 4.12. The maximum absolute atomic E-state index is 13.6. The van der Waals surface area contributed by atoms with Crippen LogP contribution >= 0.6 is 0 Å². The van der Waals surface area contributed by atoms with E-state index in [4.69, 9.17) is 4.74 Å². The average molecular weight is 286 g/mol. The van der Waals surface area contributed by atoms with Crippen LogP contribution in [-0.4, -0.2) is 12.2 Å². The summed E-state index contributed by atoms with van der Waals surface area (Å²) in [5.41, 5.74) is -0.715. The highest BCUT2D eigenvalue weighted by atomic mass is 19.4. The van der Waals surface area contributed by atoms with E-state index in [-0.39, 0.29) is 16.9 Å². The van der Waals surface area contributed by atoms with Gasteiger partial charge < -0.3 is 9.84 Å². The first-order chi connectivity index (χ1) is 9.31. The van der Waals surface area contributed by atoms with Gasteiger partial charge in [-0.25, -0.2) is 4.39 Å². The number of halogens is 4. The molecule has 0 saturated heterocycles. The van der Waals surface area contributed by atoms with Gasteiger partial charge in [-0.2, -0.15) is 13.2 Å². The third-order valence-electron chi connectivity index (χ3n) is 2.73. The number of phenolic OH excluding ortho intramolecular Hbond substituents is 1. The lowest BCUT2D eigenvalue weighted by Crippen LogP contribution is -2.04. The fourth-order valence-corrected chi connectivity index (χ4v) is 1.79. The van der Waals surface area contributed by atoms with E-state index in [9.17, 15) is 22.7 Å². The van der Waals surface area contributed by atoms with Gasteiger partial charge in [0.25, 0.3) is 0 Å². The third kappa shape index (κ3) is 2.84. The normalized spacial score (nSPS) is 11.4. The van der Waals surface area contributed by atoms with Crippen LogP contribution in [0.3, 0.4) is 0 Å². The van der Waals surface area contributed by atoms with Crippen LogP contribution < -0.4 is 4.74 Å². The quantitative estimate of drug-likeness (QED) is 0.837. The Morgan fingerprint density at radius 3 is 2.25 bits per heavy atom. The van der Waals surface area contributed by atoms with Gasteiger partial charge in [0.1, 0.15) is 5.75 Å². The minimum absolute atomic E-state index is 0.00931. The van der Waals surface area contributed by atoms with Crippen molar-refractivity contribution in [2.45, 2.75) is 6.18 Å². The molecule has 0 atom stereocenters. The summed E-state index contributed by atoms with van der Waals surface area (Å²) < 4.78 is 56.3. The molecule has 0 aliphatic carbocycles. The highest BCUT2D eigenvalue weighted by Crippen LogP contribution is 2.36. The Morgan fingerprint density at radius 1 is 1.00 bits per heavy atom. The molecule has 2 aromatic carbocycles. The van der Waals surface area contributed by atoms with Crippen molar-refractivity contribution in [3.63, 3.8) is 0 Å². The van der Waals surface area contributed by atoms with E-state index in [1.807, 2.05) is 0 Å². The molecule has 0 amide bonds. The fourth-order valence-electron chi connectivity index (χ4n) is 1.79. The summed E-state index contributed by atoms with van der Waals surface area (Å²) in [4.78, 5) is 0. The summed E-state index contributed by atoms with van der Waals surface area (Å²) in [5.74, 6) is -1.24. The van der Waals surface area contributed by atoms with Crippen LogP contribution in [0.1, 0.15) is 5.56 Å². The van der Waals surface area contributed by atoms with Gasteiger partial charge in [0, 0.05) is 0 Å². The highest BCUT2D eigenvalue weighted by Gasteiger charge is 2.31. The van der Waals surface area contributed by atoms with E-state index in [1.165, 1.54) is 19.2 Å². The van der Waals surface area contributed by atoms with Crippen LogP contribution in [-0.2, 0) is 6.18 Å². The standard InChI is InChI=1S/C14H10F4O2/c1-20-13-3-2-8(6-12(13)15)9-4-10(14(16,17)18)7-11(19)5-9/h2-7,19H,1H3. The molecule has 6 heteroatoms. The first-order valence-corrected chi connectivity index (χ1v) is 5.56. The Kier molecular flexibility index (Phi) is 3.57. The molecule has 0 aromatic heterocycles. The van der Waals surface area contributed by atoms with E-state index in [2.05, 4.69) is 0 Å². The number of alkyl halides is 3. The van der Waals surface area contributed by atoms with Crippen LogP contribution in [0.15, 0.2) is 36.4 Å². The zero-order valence-corrected chi connectivity index (χ0v) is 10.3. The SMILES string of the molecule is COc1ccc(-c2cc(O)cc(C(F)(F)F)c2)cc1F. The summed E-state index contributed by atoms with van der Waals surface area (Å²) in [6, 6.07) is 6.37. The molecule has 2 rings (SSSR count). The van der Waals surface area contributed by atoms with E-state index < -0.39 is 23.3 Å². The third-order valence-corrected chi connectivity index (χ3v) is 2.73. The molecule has 0 aliphatic heterocycles. The van der Waals surface area contributed by atoms with Gasteiger partial charge in [-0.1, -0.05) is 6.07 Å². The summed E-state index contributed by atoms with van der Waals surface area (Å²) in [7, 11) is 1.29. The van der Waals surface area contributed by atoms with Crippen LogP contribution in [0.2, 0.25) is 0 Å². The summed E-state index contributed by atoms with van der Waals surface area (Å²) in [6.07, 6.45) is -4.58. The van der Waals surface area contributed by atoms with Crippen molar-refractivity contribution in [1.29, 1.82) is 0 Å². The maximum atomic E-state index is 13.6. The van der Waals surface area contributed by atoms with Gasteiger partial charge in [0.15, 0.2) is 11.6 Å². The molecule has 0 fully saturated rings. The number of hydrogen-bond acceptors (Lipinski definition) is 2. The van der Waals surface area contributed by atoms with Crippen LogP contribution in [0.5, 0.6) is 11.5 Å². The molecule has 2 nitrogen and oxygen atoms in total. The lowest BCUT2D eigenvalue weighted by atomic mass is 10.0. The molecule has 0 unspecified atom stereocenters. The van der Waals surface area contributed by atoms with E-state index in [0.29, 0.717) is 6.07 Å². The van der Waals surface area contributed by atoms with Gasteiger partial charge in [-0.05, 0) is 41.5 Å². The van der Waals surface area contributed by atoms with Crippen molar-refractivity contribution in [1.82, 2.24) is 0 Å². The molecular formula is C14H10F4O2.